The summed E-state index contributed by atoms with van der Waals surface area (Å²) < 4.78 is 7.20. The maximum Gasteiger partial charge on any atom is 0.264 e. The van der Waals surface area contributed by atoms with Crippen LogP contribution in [0.5, 0.6) is 5.75 Å². The van der Waals surface area contributed by atoms with Crippen LogP contribution in [0.3, 0.4) is 0 Å². The van der Waals surface area contributed by atoms with E-state index >= 15 is 0 Å². The molecule has 0 saturated carbocycles. The van der Waals surface area contributed by atoms with Gasteiger partial charge in [-0.3, -0.25) is 9.78 Å². The fourth-order valence-corrected chi connectivity index (χ4v) is 5.52. The van der Waals surface area contributed by atoms with E-state index in [-0.39, 0.29) is 12.5 Å². The van der Waals surface area contributed by atoms with Crippen molar-refractivity contribution in [2.45, 2.75) is 32.5 Å². The highest BCUT2D eigenvalue weighted by Gasteiger charge is 2.36. The molecule has 4 heterocycles. The molecule has 0 radical (unpaired) electrons. The SMILES string of the molecule is C[C@H]1CCN(C(=O)[C@H]2Cc3cc(Cl)cc(-c4ccnc5cc(CO)sc45)c3O2)C1. The monoisotopic (exact) mass is 428 g/mol. The number of aliphatic hydroxyl groups is 1. The number of likely N-dealkylation sites (tertiary alicyclic amines) is 1. The predicted molar refractivity (Wildman–Crippen MR) is 114 cm³/mol. The lowest BCUT2D eigenvalue weighted by Gasteiger charge is -2.20. The first kappa shape index (κ1) is 18.9. The Morgan fingerprint density at radius 3 is 3.00 bits per heavy atom. The van der Waals surface area contributed by atoms with Gasteiger partial charge in [0, 0.05) is 52.3 Å². The number of nitrogens with zero attached hydrogens (tertiary/aromatic N) is 2. The molecule has 1 fully saturated rings. The third-order valence-electron chi connectivity index (χ3n) is 5.72. The number of aromatic nitrogens is 1. The molecule has 0 bridgehead atoms. The summed E-state index contributed by atoms with van der Waals surface area (Å²) in [6.07, 6.45) is 2.83. The van der Waals surface area contributed by atoms with E-state index < -0.39 is 6.10 Å². The lowest BCUT2D eigenvalue weighted by molar-refractivity contribution is -0.136. The molecule has 2 atom stereocenters. The summed E-state index contributed by atoms with van der Waals surface area (Å²) in [4.78, 5) is 20.2. The molecule has 1 amide bonds. The van der Waals surface area contributed by atoms with Crippen molar-refractivity contribution in [3.8, 4) is 16.9 Å². The number of pyridine rings is 1. The van der Waals surface area contributed by atoms with Gasteiger partial charge in [0.15, 0.2) is 6.10 Å². The van der Waals surface area contributed by atoms with E-state index in [0.29, 0.717) is 17.4 Å². The molecule has 29 heavy (non-hydrogen) atoms. The predicted octanol–water partition coefficient (Wildman–Crippen LogP) is 4.28. The topological polar surface area (TPSA) is 62.7 Å². The van der Waals surface area contributed by atoms with Crippen LogP contribution in [-0.2, 0) is 17.8 Å². The zero-order chi connectivity index (χ0) is 20.1. The molecule has 0 spiro atoms. The first-order valence-corrected chi connectivity index (χ1v) is 11.0. The smallest absolute Gasteiger partial charge is 0.264 e. The molecular weight excluding hydrogens is 408 g/mol. The van der Waals surface area contributed by atoms with Crippen LogP contribution in [0.2, 0.25) is 5.02 Å². The van der Waals surface area contributed by atoms with Crippen molar-refractivity contribution in [1.29, 1.82) is 0 Å². The number of ether oxygens (including phenoxy) is 1. The third-order valence-corrected chi connectivity index (χ3v) is 7.08. The minimum absolute atomic E-state index is 0.0184. The Hall–Kier alpha value is -2.15. The molecule has 5 rings (SSSR count). The van der Waals surface area contributed by atoms with Crippen molar-refractivity contribution >= 4 is 39.1 Å². The summed E-state index contributed by atoms with van der Waals surface area (Å²) in [5.41, 5.74) is 3.63. The Morgan fingerprint density at radius 1 is 1.38 bits per heavy atom. The summed E-state index contributed by atoms with van der Waals surface area (Å²) >= 11 is 7.94. The van der Waals surface area contributed by atoms with Crippen LogP contribution < -0.4 is 4.74 Å². The number of rotatable bonds is 3. The largest absolute Gasteiger partial charge is 0.479 e. The fourth-order valence-electron chi connectivity index (χ4n) is 4.28. The number of fused-ring (bicyclic) bond motifs is 2. The number of carbonyl (C=O) groups excluding carboxylic acids is 1. The molecular formula is C22H21ClN2O3S. The van der Waals surface area contributed by atoms with Crippen LogP contribution in [0, 0.1) is 5.92 Å². The molecule has 7 heteroatoms. The van der Waals surface area contributed by atoms with Gasteiger partial charge in [-0.05, 0) is 36.6 Å². The zero-order valence-corrected chi connectivity index (χ0v) is 17.6. The van der Waals surface area contributed by atoms with E-state index in [4.69, 9.17) is 16.3 Å². The molecule has 2 aliphatic rings. The highest BCUT2D eigenvalue weighted by Crippen LogP contribution is 2.44. The summed E-state index contributed by atoms with van der Waals surface area (Å²) in [6, 6.07) is 7.62. The van der Waals surface area contributed by atoms with Crippen LogP contribution in [0.15, 0.2) is 30.5 Å². The molecule has 1 N–H and O–H groups in total. The maximum atomic E-state index is 13.0. The minimum Gasteiger partial charge on any atom is -0.479 e. The number of benzene rings is 1. The Morgan fingerprint density at radius 2 is 2.24 bits per heavy atom. The number of hydrogen-bond donors (Lipinski definition) is 1. The van der Waals surface area contributed by atoms with Gasteiger partial charge in [-0.1, -0.05) is 18.5 Å². The summed E-state index contributed by atoms with van der Waals surface area (Å²) in [5, 5.41) is 10.1. The molecule has 2 aromatic heterocycles. The van der Waals surface area contributed by atoms with E-state index in [9.17, 15) is 9.90 Å². The molecule has 1 aromatic carbocycles. The summed E-state index contributed by atoms with van der Waals surface area (Å²) in [5.74, 6) is 1.33. The van der Waals surface area contributed by atoms with Gasteiger partial charge in [-0.25, -0.2) is 0 Å². The second-order valence-corrected chi connectivity index (χ2v) is 9.45. The number of amides is 1. The quantitative estimate of drug-likeness (QED) is 0.676. The van der Waals surface area contributed by atoms with Crippen molar-refractivity contribution in [1.82, 2.24) is 9.88 Å². The summed E-state index contributed by atoms with van der Waals surface area (Å²) in [7, 11) is 0. The fraction of sp³-hybridized carbons (Fsp3) is 0.364. The maximum absolute atomic E-state index is 13.0. The lowest BCUT2D eigenvalue weighted by atomic mass is 10.0. The van der Waals surface area contributed by atoms with Crippen LogP contribution >= 0.6 is 22.9 Å². The first-order valence-electron chi connectivity index (χ1n) is 9.80. The molecule has 150 valence electrons. The van der Waals surface area contributed by atoms with Crippen LogP contribution in [0.4, 0.5) is 0 Å². The average Bonchev–Trinajstić information content (AvgIpc) is 3.43. The van der Waals surface area contributed by atoms with E-state index in [0.717, 1.165) is 57.0 Å². The van der Waals surface area contributed by atoms with E-state index in [1.54, 1.807) is 6.20 Å². The van der Waals surface area contributed by atoms with Gasteiger partial charge in [0.05, 0.1) is 16.8 Å². The second kappa shape index (κ2) is 7.27. The Bertz CT molecular complexity index is 1110. The Balaban J connectivity index is 1.54. The minimum atomic E-state index is -0.499. The highest BCUT2D eigenvalue weighted by atomic mass is 35.5. The van der Waals surface area contributed by atoms with Gasteiger partial charge in [0.25, 0.3) is 5.91 Å². The lowest BCUT2D eigenvalue weighted by Crippen LogP contribution is -2.39. The second-order valence-electron chi connectivity index (χ2n) is 7.87. The number of aliphatic hydroxyl groups excluding tert-OH is 1. The van der Waals surface area contributed by atoms with Crippen molar-refractivity contribution in [2.75, 3.05) is 13.1 Å². The molecule has 3 aromatic rings. The third kappa shape index (κ3) is 3.29. The normalized spacial score (nSPS) is 20.9. The van der Waals surface area contributed by atoms with Crippen LogP contribution in [-0.4, -0.2) is 40.1 Å². The van der Waals surface area contributed by atoms with Gasteiger partial charge >= 0.3 is 0 Å². The Kier molecular flexibility index (Phi) is 4.73. The van der Waals surface area contributed by atoms with E-state index in [2.05, 4.69) is 11.9 Å². The summed E-state index contributed by atoms with van der Waals surface area (Å²) in [6.45, 7) is 3.75. The van der Waals surface area contributed by atoms with Gasteiger partial charge in [0.2, 0.25) is 0 Å². The Labute approximate surface area is 177 Å². The molecule has 0 aliphatic carbocycles. The van der Waals surface area contributed by atoms with Gasteiger partial charge in [-0.15, -0.1) is 11.3 Å². The zero-order valence-electron chi connectivity index (χ0n) is 16.0. The first-order chi connectivity index (χ1) is 14.0. The van der Waals surface area contributed by atoms with E-state index in [1.165, 1.54) is 11.3 Å². The number of carbonyl (C=O) groups is 1. The average molecular weight is 429 g/mol. The van der Waals surface area contributed by atoms with Crippen molar-refractivity contribution in [3.63, 3.8) is 0 Å². The van der Waals surface area contributed by atoms with E-state index in [1.807, 2.05) is 29.2 Å². The van der Waals surface area contributed by atoms with Gasteiger partial charge < -0.3 is 14.7 Å². The van der Waals surface area contributed by atoms with Crippen molar-refractivity contribution in [3.05, 3.63) is 45.9 Å². The van der Waals surface area contributed by atoms with Crippen molar-refractivity contribution in [2.24, 2.45) is 5.92 Å². The molecule has 2 aliphatic heterocycles. The number of hydrogen-bond acceptors (Lipinski definition) is 5. The van der Waals surface area contributed by atoms with Crippen molar-refractivity contribution < 1.29 is 14.6 Å². The molecule has 5 nitrogen and oxygen atoms in total. The molecule has 1 saturated heterocycles. The number of thiophene rings is 1. The molecule has 0 unspecified atom stereocenters. The highest BCUT2D eigenvalue weighted by molar-refractivity contribution is 7.19. The van der Waals surface area contributed by atoms with Crippen LogP contribution in [0.25, 0.3) is 21.3 Å². The van der Waals surface area contributed by atoms with Crippen LogP contribution in [0.1, 0.15) is 23.8 Å². The van der Waals surface area contributed by atoms with Gasteiger partial charge in [0.1, 0.15) is 5.75 Å². The number of halogens is 1. The standard InChI is InChI=1S/C22H21ClN2O3S/c1-12-3-5-25(10-12)22(27)19-7-13-6-14(23)8-17(20(13)28-19)16-2-4-24-18-9-15(11-26)29-21(16)18/h2,4,6,8-9,12,19,26H,3,5,7,10-11H2,1H3/t12-,19+/m0/s1. The van der Waals surface area contributed by atoms with Gasteiger partial charge in [-0.2, -0.15) is 0 Å².